The van der Waals surface area contributed by atoms with Gasteiger partial charge in [-0.25, -0.2) is 4.79 Å². The number of aromatic amines is 1. The summed E-state index contributed by atoms with van der Waals surface area (Å²) in [5, 5.41) is 10.0. The summed E-state index contributed by atoms with van der Waals surface area (Å²) in [6.45, 7) is 6.04. The lowest BCUT2D eigenvalue weighted by molar-refractivity contribution is 0.0527. The van der Waals surface area contributed by atoms with E-state index < -0.39 is 11.7 Å². The number of alkyl carbamates (subject to hydrolysis) is 1. The Balaban J connectivity index is 1.61. The Kier molecular flexibility index (Phi) is 7.17. The number of hydrogen-bond acceptors (Lipinski definition) is 3. The van der Waals surface area contributed by atoms with Gasteiger partial charge in [-0.05, 0) is 87.7 Å². The van der Waals surface area contributed by atoms with Crippen molar-refractivity contribution in [1.29, 1.82) is 0 Å². The molecule has 0 radical (unpaired) electrons. The van der Waals surface area contributed by atoms with Gasteiger partial charge in [0.05, 0.1) is 10.0 Å². The van der Waals surface area contributed by atoms with Crippen molar-refractivity contribution in [3.63, 3.8) is 0 Å². The molecule has 5 nitrogen and oxygen atoms in total. The fraction of sp³-hybridized carbons (Fsp3) is 0.269. The van der Waals surface area contributed by atoms with Crippen molar-refractivity contribution in [2.75, 3.05) is 11.9 Å². The molecule has 4 aromatic rings. The fourth-order valence-corrected chi connectivity index (χ4v) is 4.31. The molecule has 0 aliphatic heterocycles. The molecule has 0 aliphatic rings. The maximum Gasteiger partial charge on any atom is 0.407 e. The average Bonchev–Trinajstić information content (AvgIpc) is 3.10. The number of halogens is 3. The summed E-state index contributed by atoms with van der Waals surface area (Å²) >= 11 is 18.6. The van der Waals surface area contributed by atoms with Crippen molar-refractivity contribution in [3.8, 4) is 0 Å². The highest BCUT2D eigenvalue weighted by atomic mass is 35.5. The van der Waals surface area contributed by atoms with Crippen LogP contribution in [0.5, 0.6) is 0 Å². The summed E-state index contributed by atoms with van der Waals surface area (Å²) in [7, 11) is 0. The van der Waals surface area contributed by atoms with Crippen LogP contribution in [0.15, 0.2) is 48.5 Å². The summed E-state index contributed by atoms with van der Waals surface area (Å²) in [5.74, 6) is 0. The van der Waals surface area contributed by atoms with Gasteiger partial charge >= 0.3 is 6.09 Å². The number of ether oxygens (including phenoxy) is 1. The number of amides is 1. The number of nitrogens with one attached hydrogen (secondary N) is 3. The molecule has 3 aromatic carbocycles. The first-order valence-electron chi connectivity index (χ1n) is 11.0. The monoisotopic (exact) mass is 517 g/mol. The van der Waals surface area contributed by atoms with Crippen molar-refractivity contribution in [2.45, 2.75) is 39.2 Å². The summed E-state index contributed by atoms with van der Waals surface area (Å²) in [6, 6.07) is 15.5. The molecule has 0 aliphatic carbocycles. The van der Waals surface area contributed by atoms with Crippen LogP contribution in [0.1, 0.15) is 32.8 Å². The van der Waals surface area contributed by atoms with Crippen LogP contribution in [0.4, 0.5) is 16.2 Å². The van der Waals surface area contributed by atoms with Gasteiger partial charge in [-0.15, -0.1) is 0 Å². The normalized spacial score (nSPS) is 11.7. The van der Waals surface area contributed by atoms with E-state index in [9.17, 15) is 4.79 Å². The van der Waals surface area contributed by atoms with Crippen LogP contribution >= 0.6 is 34.8 Å². The van der Waals surface area contributed by atoms with Crippen LogP contribution in [0, 0.1) is 0 Å². The van der Waals surface area contributed by atoms with Crippen molar-refractivity contribution < 1.29 is 9.53 Å². The molecule has 1 amide bonds. The average molecular weight is 519 g/mol. The van der Waals surface area contributed by atoms with E-state index >= 15 is 0 Å². The number of fused-ring (bicyclic) bond motifs is 3. The van der Waals surface area contributed by atoms with Crippen LogP contribution in [0.25, 0.3) is 21.8 Å². The maximum atomic E-state index is 12.0. The van der Waals surface area contributed by atoms with Gasteiger partial charge in [-0.2, -0.15) is 0 Å². The second-order valence-electron chi connectivity index (χ2n) is 9.16. The number of hydrogen-bond donors (Lipinski definition) is 3. The Morgan fingerprint density at radius 3 is 2.47 bits per heavy atom. The number of aromatic nitrogens is 1. The van der Waals surface area contributed by atoms with Gasteiger partial charge < -0.3 is 20.4 Å². The Hall–Kier alpha value is -2.60. The quantitative estimate of drug-likeness (QED) is 0.224. The van der Waals surface area contributed by atoms with Gasteiger partial charge in [0.1, 0.15) is 5.60 Å². The molecular formula is C26H26Cl3N3O2. The molecule has 178 valence electrons. The van der Waals surface area contributed by atoms with Gasteiger partial charge in [-0.3, -0.25) is 0 Å². The topological polar surface area (TPSA) is 66.2 Å². The minimum atomic E-state index is -0.521. The first-order chi connectivity index (χ1) is 16.1. The molecule has 0 fully saturated rings. The minimum Gasteiger partial charge on any atom is -0.444 e. The van der Waals surface area contributed by atoms with Crippen LogP contribution in [-0.2, 0) is 11.2 Å². The number of anilines is 2. The number of rotatable bonds is 6. The zero-order chi connectivity index (χ0) is 24.5. The second kappa shape index (κ2) is 9.95. The summed E-state index contributed by atoms with van der Waals surface area (Å²) < 4.78 is 5.32. The van der Waals surface area contributed by atoms with Crippen LogP contribution in [-0.4, -0.2) is 23.2 Å². The lowest BCUT2D eigenvalue weighted by atomic mass is 10.0. The number of aryl methyl sites for hydroxylation is 1. The lowest BCUT2D eigenvalue weighted by Crippen LogP contribution is -2.33. The fourth-order valence-electron chi connectivity index (χ4n) is 3.84. The van der Waals surface area contributed by atoms with Gasteiger partial charge in [0.25, 0.3) is 0 Å². The molecule has 3 N–H and O–H groups in total. The SMILES string of the molecule is CC(C)(C)OC(=O)NCCCc1cc(Nc2ccc(Cl)c(Cl)c2)cc2c1[nH]c1ccc(Cl)cc12. The summed E-state index contributed by atoms with van der Waals surface area (Å²) in [4.78, 5) is 15.5. The zero-order valence-electron chi connectivity index (χ0n) is 19.2. The lowest BCUT2D eigenvalue weighted by Gasteiger charge is -2.19. The molecule has 4 rings (SSSR count). The Morgan fingerprint density at radius 1 is 0.941 bits per heavy atom. The van der Waals surface area contributed by atoms with Gasteiger partial charge in [0, 0.05) is 44.7 Å². The van der Waals surface area contributed by atoms with Crippen LogP contribution < -0.4 is 10.6 Å². The summed E-state index contributed by atoms with van der Waals surface area (Å²) in [5.41, 5.74) is 4.42. The molecule has 1 heterocycles. The molecular weight excluding hydrogens is 493 g/mol. The standard InChI is InChI=1S/C26H26Cl3N3O2/c1-26(2,3)34-25(33)30-10-4-5-15-11-18(31-17-7-8-21(28)22(29)14-17)13-20-19-12-16(27)6-9-23(19)32-24(15)20/h6-9,11-14,31-32H,4-5,10H2,1-3H3,(H,30,33). The molecule has 34 heavy (non-hydrogen) atoms. The van der Waals surface area contributed by atoms with Crippen molar-refractivity contribution >= 4 is 74.1 Å². The third kappa shape index (κ3) is 5.90. The third-order valence-corrected chi connectivity index (χ3v) is 6.22. The number of benzene rings is 3. The third-order valence-electron chi connectivity index (χ3n) is 5.25. The number of carbonyl (C=O) groups is 1. The minimum absolute atomic E-state index is 0.409. The van der Waals surface area contributed by atoms with Gasteiger partial charge in [0.15, 0.2) is 0 Å². The molecule has 1 aromatic heterocycles. The van der Waals surface area contributed by atoms with E-state index in [0.29, 0.717) is 21.6 Å². The zero-order valence-corrected chi connectivity index (χ0v) is 21.5. The van der Waals surface area contributed by atoms with Crippen molar-refractivity contribution in [3.05, 3.63) is 69.2 Å². The van der Waals surface area contributed by atoms with Crippen LogP contribution in [0.3, 0.4) is 0 Å². The predicted octanol–water partition coefficient (Wildman–Crippen LogP) is 8.48. The van der Waals surface area contributed by atoms with Gasteiger partial charge in [0.2, 0.25) is 0 Å². The van der Waals surface area contributed by atoms with Crippen LogP contribution in [0.2, 0.25) is 15.1 Å². The predicted molar refractivity (Wildman–Crippen MR) is 143 cm³/mol. The van der Waals surface area contributed by atoms with E-state index in [0.717, 1.165) is 51.6 Å². The van der Waals surface area contributed by atoms with E-state index in [2.05, 4.69) is 27.8 Å². The summed E-state index contributed by atoms with van der Waals surface area (Å²) in [6.07, 6.45) is 1.10. The highest BCUT2D eigenvalue weighted by Gasteiger charge is 2.16. The van der Waals surface area contributed by atoms with Gasteiger partial charge in [-0.1, -0.05) is 34.8 Å². The molecule has 0 unspecified atom stereocenters. The van der Waals surface area contributed by atoms with E-state index in [1.165, 1.54) is 0 Å². The molecule has 0 saturated heterocycles. The van der Waals surface area contributed by atoms with E-state index in [-0.39, 0.29) is 0 Å². The highest BCUT2D eigenvalue weighted by Crippen LogP contribution is 2.34. The molecule has 0 bridgehead atoms. The molecule has 0 atom stereocenters. The molecule has 0 spiro atoms. The second-order valence-corrected chi connectivity index (χ2v) is 10.4. The Morgan fingerprint density at radius 2 is 1.74 bits per heavy atom. The van der Waals surface area contributed by atoms with Crippen molar-refractivity contribution in [2.24, 2.45) is 0 Å². The van der Waals surface area contributed by atoms with E-state index in [4.69, 9.17) is 39.5 Å². The largest absolute Gasteiger partial charge is 0.444 e. The maximum absolute atomic E-state index is 12.0. The number of carbonyl (C=O) groups excluding carboxylic acids is 1. The Labute approximate surface area is 213 Å². The number of H-pyrrole nitrogens is 1. The molecule has 8 heteroatoms. The smallest absolute Gasteiger partial charge is 0.407 e. The van der Waals surface area contributed by atoms with E-state index in [1.807, 2.05) is 45.0 Å². The molecule has 0 saturated carbocycles. The first-order valence-corrected chi connectivity index (χ1v) is 12.2. The van der Waals surface area contributed by atoms with Crippen molar-refractivity contribution in [1.82, 2.24) is 10.3 Å². The Bertz CT molecular complexity index is 1360. The first kappa shape index (κ1) is 24.5. The van der Waals surface area contributed by atoms with E-state index in [1.54, 1.807) is 12.1 Å². The highest BCUT2D eigenvalue weighted by molar-refractivity contribution is 6.42.